The summed E-state index contributed by atoms with van der Waals surface area (Å²) in [4.78, 5) is 36.6. The van der Waals surface area contributed by atoms with Gasteiger partial charge in [-0.05, 0) is 47.5 Å². The molecular weight excluding hydrogens is 479 g/mol. The summed E-state index contributed by atoms with van der Waals surface area (Å²) in [6.07, 6.45) is -0.0553. The largest absolute Gasteiger partial charge is 0.497 e. The number of thioether (sulfide) groups is 1. The van der Waals surface area contributed by atoms with Gasteiger partial charge >= 0.3 is 0 Å². The van der Waals surface area contributed by atoms with Crippen LogP contribution in [0.5, 0.6) is 5.75 Å². The molecule has 2 amide bonds. The summed E-state index contributed by atoms with van der Waals surface area (Å²) in [6.45, 7) is 0.334. The molecule has 0 saturated carbocycles. The van der Waals surface area contributed by atoms with Gasteiger partial charge in [0.25, 0.3) is 5.91 Å². The van der Waals surface area contributed by atoms with E-state index in [9.17, 15) is 14.0 Å². The molecular formula is C27H23FN4O3S. The molecule has 3 aromatic rings. The first-order chi connectivity index (χ1) is 17.5. The van der Waals surface area contributed by atoms with Crippen molar-refractivity contribution in [1.82, 2.24) is 10.2 Å². The zero-order chi connectivity index (χ0) is 25.1. The van der Waals surface area contributed by atoms with Crippen molar-refractivity contribution in [1.29, 1.82) is 0 Å². The second-order valence-corrected chi connectivity index (χ2v) is 9.26. The molecule has 0 fully saturated rings. The van der Waals surface area contributed by atoms with Gasteiger partial charge in [-0.25, -0.2) is 9.38 Å². The van der Waals surface area contributed by atoms with Gasteiger partial charge in [-0.3, -0.25) is 14.5 Å². The highest BCUT2D eigenvalue weighted by atomic mass is 32.2. The van der Waals surface area contributed by atoms with Crippen molar-refractivity contribution in [3.63, 3.8) is 0 Å². The lowest BCUT2D eigenvalue weighted by Gasteiger charge is -2.30. The zero-order valence-corrected chi connectivity index (χ0v) is 20.3. The highest BCUT2D eigenvalue weighted by molar-refractivity contribution is 8.13. The Bertz CT molecular complexity index is 1360. The third-order valence-corrected chi connectivity index (χ3v) is 6.94. The van der Waals surface area contributed by atoms with Crippen molar-refractivity contribution in [3.05, 3.63) is 95.3 Å². The molecule has 36 heavy (non-hydrogen) atoms. The molecule has 0 radical (unpaired) electrons. The Kier molecular flexibility index (Phi) is 6.81. The molecule has 0 spiro atoms. The molecule has 1 atom stereocenters. The number of halogens is 1. The van der Waals surface area contributed by atoms with E-state index in [1.807, 2.05) is 48.5 Å². The van der Waals surface area contributed by atoms with Crippen LogP contribution in [0.1, 0.15) is 23.1 Å². The molecule has 9 heteroatoms. The van der Waals surface area contributed by atoms with Crippen LogP contribution < -0.4 is 10.1 Å². The van der Waals surface area contributed by atoms with Crippen molar-refractivity contribution in [2.45, 2.75) is 24.8 Å². The summed E-state index contributed by atoms with van der Waals surface area (Å²) in [5.74, 6) is 0.823. The Morgan fingerprint density at radius 1 is 1.03 bits per heavy atom. The molecule has 1 unspecified atom stereocenters. The number of carbonyl (C=O) groups is 2. The van der Waals surface area contributed by atoms with Crippen LogP contribution in [0.4, 0.5) is 10.1 Å². The third kappa shape index (κ3) is 5.01. The molecule has 0 bridgehead atoms. The van der Waals surface area contributed by atoms with E-state index >= 15 is 0 Å². The maximum atomic E-state index is 13.3. The number of hydrogen-bond acceptors (Lipinski definition) is 6. The summed E-state index contributed by atoms with van der Waals surface area (Å²) in [7, 11) is 1.60. The lowest BCUT2D eigenvalue weighted by atomic mass is 10.1. The Balaban J connectivity index is 1.33. The van der Waals surface area contributed by atoms with E-state index in [0.29, 0.717) is 29.0 Å². The summed E-state index contributed by atoms with van der Waals surface area (Å²) in [5, 5.41) is 3.46. The zero-order valence-electron chi connectivity index (χ0n) is 19.5. The van der Waals surface area contributed by atoms with Crippen LogP contribution in [0.3, 0.4) is 0 Å². The number of amides is 2. The van der Waals surface area contributed by atoms with Gasteiger partial charge in [-0.1, -0.05) is 48.2 Å². The molecule has 0 saturated heterocycles. The average molecular weight is 503 g/mol. The van der Waals surface area contributed by atoms with Crippen LogP contribution in [0.15, 0.2) is 82.8 Å². The van der Waals surface area contributed by atoms with Crippen LogP contribution >= 0.6 is 11.8 Å². The number of carbonyl (C=O) groups excluding carboxylic acids is 2. The quantitative estimate of drug-likeness (QED) is 0.517. The number of amidine groups is 2. The number of methoxy groups -OCH3 is 1. The van der Waals surface area contributed by atoms with Gasteiger partial charge in [0.15, 0.2) is 5.17 Å². The molecule has 0 aromatic heterocycles. The van der Waals surface area contributed by atoms with Gasteiger partial charge in [0.1, 0.15) is 23.4 Å². The minimum Gasteiger partial charge on any atom is -0.497 e. The standard InChI is InChI=1S/C27H23FN4O3S/c1-35-20-12-8-17(9-13-20)15-29-24(33)14-23-26(34)31-25-21-4-2-3-5-22(21)30-27(32(23)25)36-16-18-6-10-19(28)11-7-18/h2-13,23H,14-16H2,1H3,(H,29,33). The minimum absolute atomic E-state index is 0.0553. The second-order valence-electron chi connectivity index (χ2n) is 8.32. The predicted octanol–water partition coefficient (Wildman–Crippen LogP) is 4.43. The number of rotatable bonds is 7. The number of nitrogens with one attached hydrogen (secondary N) is 1. The summed E-state index contributed by atoms with van der Waals surface area (Å²) >= 11 is 1.42. The van der Waals surface area contributed by atoms with E-state index in [4.69, 9.17) is 9.73 Å². The smallest absolute Gasteiger partial charge is 0.271 e. The lowest BCUT2D eigenvalue weighted by molar-refractivity contribution is -0.126. The number of benzene rings is 3. The van der Waals surface area contributed by atoms with Gasteiger partial charge < -0.3 is 10.1 Å². The molecule has 3 aromatic carbocycles. The SMILES string of the molecule is COc1ccc(CNC(=O)CC2C(=O)N=C3c4ccccc4N=C(SCc4ccc(F)cc4)N32)cc1. The third-order valence-electron chi connectivity index (χ3n) is 5.92. The second kappa shape index (κ2) is 10.3. The topological polar surface area (TPSA) is 83.4 Å². The monoisotopic (exact) mass is 502 g/mol. The van der Waals surface area contributed by atoms with E-state index in [-0.39, 0.29) is 24.1 Å². The van der Waals surface area contributed by atoms with Crippen molar-refractivity contribution < 1.29 is 18.7 Å². The van der Waals surface area contributed by atoms with E-state index < -0.39 is 6.04 Å². The molecule has 7 nitrogen and oxygen atoms in total. The normalized spacial score (nSPS) is 16.1. The molecule has 2 aliphatic heterocycles. The number of para-hydroxylation sites is 1. The van der Waals surface area contributed by atoms with E-state index in [1.165, 1.54) is 23.9 Å². The first-order valence-corrected chi connectivity index (χ1v) is 12.4. The Morgan fingerprint density at radius 2 is 1.75 bits per heavy atom. The summed E-state index contributed by atoms with van der Waals surface area (Å²) in [5.41, 5.74) is 3.30. The fraction of sp³-hybridized carbons (Fsp3) is 0.185. The number of nitrogens with zero attached hydrogens (tertiary/aromatic N) is 3. The minimum atomic E-state index is -0.788. The highest BCUT2D eigenvalue weighted by Crippen LogP contribution is 2.35. The number of hydrogen-bond donors (Lipinski definition) is 1. The van der Waals surface area contributed by atoms with E-state index in [0.717, 1.165) is 22.4 Å². The van der Waals surface area contributed by atoms with Crippen molar-refractivity contribution in [3.8, 4) is 5.75 Å². The Hall–Kier alpha value is -3.98. The van der Waals surface area contributed by atoms with Gasteiger partial charge in [0.2, 0.25) is 5.91 Å². The Morgan fingerprint density at radius 3 is 2.50 bits per heavy atom. The molecule has 1 N–H and O–H groups in total. The molecule has 5 rings (SSSR count). The fourth-order valence-electron chi connectivity index (χ4n) is 4.02. The molecule has 0 aliphatic carbocycles. The first-order valence-electron chi connectivity index (χ1n) is 11.4. The van der Waals surface area contributed by atoms with E-state index in [1.54, 1.807) is 24.1 Å². The summed E-state index contributed by atoms with van der Waals surface area (Å²) < 4.78 is 18.5. The lowest BCUT2D eigenvalue weighted by Crippen LogP contribution is -2.45. The van der Waals surface area contributed by atoms with Gasteiger partial charge in [0.05, 0.1) is 19.2 Å². The van der Waals surface area contributed by atoms with Gasteiger partial charge in [-0.15, -0.1) is 0 Å². The molecule has 2 aliphatic rings. The Labute approximate surface area is 212 Å². The number of aliphatic imine (C=N–C) groups is 2. The highest BCUT2D eigenvalue weighted by Gasteiger charge is 2.42. The van der Waals surface area contributed by atoms with Gasteiger partial charge in [-0.2, -0.15) is 4.99 Å². The average Bonchev–Trinajstić information content (AvgIpc) is 3.23. The van der Waals surface area contributed by atoms with Crippen molar-refractivity contribution in [2.75, 3.05) is 7.11 Å². The maximum Gasteiger partial charge on any atom is 0.271 e. The van der Waals surface area contributed by atoms with Crippen LogP contribution in [-0.2, 0) is 21.9 Å². The van der Waals surface area contributed by atoms with Crippen molar-refractivity contribution in [2.24, 2.45) is 9.98 Å². The van der Waals surface area contributed by atoms with Crippen LogP contribution in [0.25, 0.3) is 0 Å². The number of ether oxygens (including phenoxy) is 1. The molecule has 182 valence electrons. The first kappa shape index (κ1) is 23.7. The maximum absolute atomic E-state index is 13.3. The van der Waals surface area contributed by atoms with Gasteiger partial charge in [0, 0.05) is 17.9 Å². The van der Waals surface area contributed by atoms with E-state index in [2.05, 4.69) is 10.3 Å². The van der Waals surface area contributed by atoms with Crippen molar-refractivity contribution >= 4 is 40.3 Å². The number of fused-ring (bicyclic) bond motifs is 3. The predicted molar refractivity (Wildman–Crippen MR) is 138 cm³/mol. The van der Waals surface area contributed by atoms with Crippen LogP contribution in [0, 0.1) is 5.82 Å². The fourth-order valence-corrected chi connectivity index (χ4v) is 5.03. The van der Waals surface area contributed by atoms with Crippen LogP contribution in [-0.4, -0.2) is 40.9 Å². The summed E-state index contributed by atoms with van der Waals surface area (Å²) in [6, 6.07) is 20.4. The van der Waals surface area contributed by atoms with Crippen LogP contribution in [0.2, 0.25) is 0 Å². The molecule has 2 heterocycles.